The smallest absolute Gasteiger partial charge is 0.295 e. The summed E-state index contributed by atoms with van der Waals surface area (Å²) in [5, 5.41) is 17.1. The number of nitrogens with one attached hydrogen (secondary N) is 1. The molecule has 100 valence electrons. The number of rotatable bonds is 4. The highest BCUT2D eigenvalue weighted by Gasteiger charge is 2.15. The van der Waals surface area contributed by atoms with E-state index in [9.17, 15) is 10.1 Å². The van der Waals surface area contributed by atoms with Crippen LogP contribution in [0.2, 0.25) is 0 Å². The van der Waals surface area contributed by atoms with Crippen molar-refractivity contribution in [3.8, 4) is 0 Å². The summed E-state index contributed by atoms with van der Waals surface area (Å²) in [5.74, 6) is 0. The molecule has 0 saturated carbocycles. The molecule has 0 unspecified atom stereocenters. The number of nitro benzene ring substituents is 1. The van der Waals surface area contributed by atoms with Gasteiger partial charge in [-0.3, -0.25) is 10.1 Å². The summed E-state index contributed by atoms with van der Waals surface area (Å²) in [6.45, 7) is 0.694. The normalized spacial score (nSPS) is 10.6. The van der Waals surface area contributed by atoms with Crippen molar-refractivity contribution >= 4 is 33.6 Å². The molecule has 1 N–H and O–H groups in total. The van der Waals surface area contributed by atoms with E-state index in [-0.39, 0.29) is 5.69 Å². The molecule has 0 fully saturated rings. The SMILES string of the molecule is O=[N+]([O-])c1ccc(NCc2cccs2)c2cccnc12. The first-order chi connectivity index (χ1) is 9.75. The van der Waals surface area contributed by atoms with Gasteiger partial charge in [-0.05, 0) is 29.6 Å². The molecule has 0 saturated heterocycles. The van der Waals surface area contributed by atoms with Crippen LogP contribution >= 0.6 is 11.3 Å². The van der Waals surface area contributed by atoms with E-state index in [0.29, 0.717) is 12.1 Å². The van der Waals surface area contributed by atoms with Crippen molar-refractivity contribution in [1.29, 1.82) is 0 Å². The van der Waals surface area contributed by atoms with Gasteiger partial charge in [-0.2, -0.15) is 0 Å². The van der Waals surface area contributed by atoms with E-state index in [1.165, 1.54) is 10.9 Å². The molecule has 2 heterocycles. The Hall–Kier alpha value is -2.47. The molecular weight excluding hydrogens is 274 g/mol. The number of nitro groups is 1. The predicted octanol–water partition coefficient (Wildman–Crippen LogP) is 3.82. The molecule has 0 aliphatic rings. The Morgan fingerprint density at radius 1 is 1.25 bits per heavy atom. The van der Waals surface area contributed by atoms with Crippen LogP contribution in [0.3, 0.4) is 0 Å². The molecule has 0 atom stereocenters. The molecular formula is C14H11N3O2S. The summed E-state index contributed by atoms with van der Waals surface area (Å²) in [7, 11) is 0. The molecule has 2 aromatic heterocycles. The Morgan fingerprint density at radius 2 is 2.15 bits per heavy atom. The van der Waals surface area contributed by atoms with Crippen LogP contribution in [0.25, 0.3) is 10.9 Å². The number of aromatic nitrogens is 1. The maximum Gasteiger partial charge on any atom is 0.295 e. The van der Waals surface area contributed by atoms with E-state index in [2.05, 4.69) is 10.3 Å². The van der Waals surface area contributed by atoms with Crippen LogP contribution in [-0.4, -0.2) is 9.91 Å². The second-order valence-corrected chi connectivity index (χ2v) is 5.25. The number of thiophene rings is 1. The van der Waals surface area contributed by atoms with Crippen molar-refractivity contribution in [2.45, 2.75) is 6.54 Å². The maximum absolute atomic E-state index is 11.0. The van der Waals surface area contributed by atoms with Gasteiger partial charge < -0.3 is 5.32 Å². The molecule has 20 heavy (non-hydrogen) atoms. The van der Waals surface area contributed by atoms with Gasteiger partial charge in [0.25, 0.3) is 5.69 Å². The minimum absolute atomic E-state index is 0.0299. The van der Waals surface area contributed by atoms with Crippen molar-refractivity contribution < 1.29 is 4.92 Å². The Labute approximate surface area is 119 Å². The van der Waals surface area contributed by atoms with Crippen molar-refractivity contribution in [2.24, 2.45) is 0 Å². The molecule has 3 aromatic rings. The molecule has 0 amide bonds. The van der Waals surface area contributed by atoms with E-state index in [0.717, 1.165) is 11.1 Å². The zero-order valence-electron chi connectivity index (χ0n) is 10.4. The van der Waals surface area contributed by atoms with E-state index in [1.807, 2.05) is 23.6 Å². The molecule has 3 rings (SSSR count). The third-order valence-electron chi connectivity index (χ3n) is 2.98. The minimum Gasteiger partial charge on any atom is -0.380 e. The van der Waals surface area contributed by atoms with Crippen LogP contribution in [0.4, 0.5) is 11.4 Å². The van der Waals surface area contributed by atoms with Crippen LogP contribution in [0.15, 0.2) is 48.0 Å². The second kappa shape index (κ2) is 5.26. The average molecular weight is 285 g/mol. The number of nitrogens with zero attached hydrogens (tertiary/aromatic N) is 2. The van der Waals surface area contributed by atoms with Gasteiger partial charge >= 0.3 is 0 Å². The van der Waals surface area contributed by atoms with E-state index in [4.69, 9.17) is 0 Å². The van der Waals surface area contributed by atoms with Gasteiger partial charge in [-0.1, -0.05) is 6.07 Å². The van der Waals surface area contributed by atoms with Crippen molar-refractivity contribution in [3.05, 3.63) is 63.0 Å². The molecule has 0 aliphatic carbocycles. The summed E-state index contributed by atoms with van der Waals surface area (Å²) in [5.41, 5.74) is 1.29. The number of fused-ring (bicyclic) bond motifs is 1. The lowest BCUT2D eigenvalue weighted by Gasteiger charge is -2.08. The molecule has 0 bridgehead atoms. The Bertz CT molecular complexity index is 756. The summed E-state index contributed by atoms with van der Waals surface area (Å²) < 4.78 is 0. The van der Waals surface area contributed by atoms with Gasteiger partial charge in [0.05, 0.1) is 4.92 Å². The third kappa shape index (κ3) is 2.33. The Kier molecular flexibility index (Phi) is 3.30. The van der Waals surface area contributed by atoms with Crippen LogP contribution in [0, 0.1) is 10.1 Å². The number of hydrogen-bond donors (Lipinski definition) is 1. The largest absolute Gasteiger partial charge is 0.380 e. The predicted molar refractivity (Wildman–Crippen MR) is 80.0 cm³/mol. The number of benzene rings is 1. The highest BCUT2D eigenvalue weighted by molar-refractivity contribution is 7.09. The lowest BCUT2D eigenvalue weighted by Crippen LogP contribution is -2.00. The highest BCUT2D eigenvalue weighted by atomic mass is 32.1. The van der Waals surface area contributed by atoms with E-state index < -0.39 is 4.92 Å². The summed E-state index contributed by atoms with van der Waals surface area (Å²) in [6, 6.07) is 10.9. The number of non-ortho nitro benzene ring substituents is 1. The summed E-state index contributed by atoms with van der Waals surface area (Å²) in [6.07, 6.45) is 1.57. The highest BCUT2D eigenvalue weighted by Crippen LogP contribution is 2.30. The van der Waals surface area contributed by atoms with Gasteiger partial charge in [0, 0.05) is 34.8 Å². The van der Waals surface area contributed by atoms with Crippen LogP contribution in [0.5, 0.6) is 0 Å². The molecule has 0 radical (unpaired) electrons. The van der Waals surface area contributed by atoms with Crippen molar-refractivity contribution in [1.82, 2.24) is 4.98 Å². The Morgan fingerprint density at radius 3 is 2.90 bits per heavy atom. The molecule has 5 nitrogen and oxygen atoms in total. The third-order valence-corrected chi connectivity index (χ3v) is 3.85. The van der Waals surface area contributed by atoms with Gasteiger partial charge in [-0.15, -0.1) is 11.3 Å². The quantitative estimate of drug-likeness (QED) is 0.584. The second-order valence-electron chi connectivity index (χ2n) is 4.22. The van der Waals surface area contributed by atoms with Gasteiger partial charge in [0.2, 0.25) is 0 Å². The fraction of sp³-hybridized carbons (Fsp3) is 0.0714. The van der Waals surface area contributed by atoms with Crippen LogP contribution < -0.4 is 5.32 Å². The van der Waals surface area contributed by atoms with Crippen LogP contribution in [-0.2, 0) is 6.54 Å². The number of pyridine rings is 1. The topological polar surface area (TPSA) is 68.1 Å². The van der Waals surface area contributed by atoms with E-state index >= 15 is 0 Å². The molecule has 0 spiro atoms. The van der Waals surface area contributed by atoms with Crippen molar-refractivity contribution in [2.75, 3.05) is 5.32 Å². The molecule has 1 aromatic carbocycles. The first-order valence-electron chi connectivity index (χ1n) is 6.04. The Balaban J connectivity index is 1.99. The van der Waals surface area contributed by atoms with Gasteiger partial charge in [0.1, 0.15) is 5.52 Å². The lowest BCUT2D eigenvalue weighted by molar-refractivity contribution is -0.383. The number of hydrogen-bond acceptors (Lipinski definition) is 5. The fourth-order valence-electron chi connectivity index (χ4n) is 2.05. The first-order valence-corrected chi connectivity index (χ1v) is 6.92. The maximum atomic E-state index is 11.0. The van der Waals surface area contributed by atoms with Crippen LogP contribution in [0.1, 0.15) is 4.88 Å². The standard InChI is InChI=1S/C14H11N3O2S/c18-17(19)13-6-5-12(11-4-1-7-15-14(11)13)16-9-10-3-2-8-20-10/h1-8,16H,9H2. The van der Waals surface area contributed by atoms with Crippen molar-refractivity contribution in [3.63, 3.8) is 0 Å². The number of anilines is 1. The summed E-state index contributed by atoms with van der Waals surface area (Å²) >= 11 is 1.67. The summed E-state index contributed by atoms with van der Waals surface area (Å²) in [4.78, 5) is 16.0. The van der Waals surface area contributed by atoms with Gasteiger partial charge in [-0.25, -0.2) is 4.98 Å². The average Bonchev–Trinajstić information content (AvgIpc) is 2.97. The zero-order valence-corrected chi connectivity index (χ0v) is 11.3. The fourth-order valence-corrected chi connectivity index (χ4v) is 2.70. The minimum atomic E-state index is -0.404. The molecule has 0 aliphatic heterocycles. The molecule has 6 heteroatoms. The zero-order chi connectivity index (χ0) is 13.9. The first kappa shape index (κ1) is 12.6. The van der Waals surface area contributed by atoms with E-state index in [1.54, 1.807) is 29.7 Å². The monoisotopic (exact) mass is 285 g/mol. The lowest BCUT2D eigenvalue weighted by atomic mass is 10.1. The van der Waals surface area contributed by atoms with Gasteiger partial charge in [0.15, 0.2) is 0 Å².